The number of aliphatic carboxylic acids is 1. The molecule has 0 aliphatic rings. The summed E-state index contributed by atoms with van der Waals surface area (Å²) in [7, 11) is 0. The van der Waals surface area contributed by atoms with Crippen LogP contribution in [0.3, 0.4) is 0 Å². The third-order valence-electron chi connectivity index (χ3n) is 3.05. The van der Waals surface area contributed by atoms with E-state index in [4.69, 9.17) is 0 Å². The van der Waals surface area contributed by atoms with Gasteiger partial charge in [0.1, 0.15) is 0 Å². The summed E-state index contributed by atoms with van der Waals surface area (Å²) in [5.74, 6) is -1.12. The summed E-state index contributed by atoms with van der Waals surface area (Å²) in [5, 5.41) is 14.6. The Morgan fingerprint density at radius 2 is 2.05 bits per heavy atom. The number of nitrogens with one attached hydrogen (secondary N) is 2. The van der Waals surface area contributed by atoms with Crippen LogP contribution in [0.2, 0.25) is 0 Å². The van der Waals surface area contributed by atoms with Gasteiger partial charge in [-0.2, -0.15) is 0 Å². The molecule has 0 aliphatic carbocycles. The van der Waals surface area contributed by atoms with Crippen LogP contribution in [0.4, 0.5) is 4.79 Å². The van der Waals surface area contributed by atoms with Gasteiger partial charge in [-0.05, 0) is 12.5 Å². The molecule has 0 saturated heterocycles. The van der Waals surface area contributed by atoms with Gasteiger partial charge < -0.3 is 15.7 Å². The van der Waals surface area contributed by atoms with Crippen LogP contribution >= 0.6 is 11.3 Å². The van der Waals surface area contributed by atoms with Crippen molar-refractivity contribution in [3.8, 4) is 0 Å². The van der Waals surface area contributed by atoms with E-state index in [-0.39, 0.29) is 0 Å². The first-order valence-corrected chi connectivity index (χ1v) is 7.12. The first-order valence-electron chi connectivity index (χ1n) is 6.24. The summed E-state index contributed by atoms with van der Waals surface area (Å²) in [6, 6.07) is 8.03. The highest BCUT2D eigenvalue weighted by Gasteiger charge is 2.36. The summed E-state index contributed by atoms with van der Waals surface area (Å²) in [6.45, 7) is 1.76. The molecule has 1 heterocycles. The minimum Gasteiger partial charge on any atom is -0.479 e. The van der Waals surface area contributed by atoms with Crippen molar-refractivity contribution in [3.05, 3.63) is 52.5 Å². The zero-order valence-electron chi connectivity index (χ0n) is 11.4. The minimum atomic E-state index is -1.49. The van der Waals surface area contributed by atoms with E-state index in [0.29, 0.717) is 12.1 Å². The highest BCUT2D eigenvalue weighted by atomic mass is 32.1. The number of hydrogen-bond donors (Lipinski definition) is 3. The number of carboxylic acids is 1. The number of amides is 2. The second-order valence-corrected chi connectivity index (χ2v) is 5.54. The van der Waals surface area contributed by atoms with Gasteiger partial charge in [-0.25, -0.2) is 9.59 Å². The number of carboxylic acid groups (broad SMARTS) is 1. The Balaban J connectivity index is 2.06. The second-order valence-electron chi connectivity index (χ2n) is 4.57. The first kappa shape index (κ1) is 15.0. The Hall–Kier alpha value is -2.41. The van der Waals surface area contributed by atoms with Crippen LogP contribution in [0.1, 0.15) is 17.4 Å². The predicted octanol–water partition coefficient (Wildman–Crippen LogP) is 1.94. The van der Waals surface area contributed by atoms with Gasteiger partial charge in [0, 0.05) is 11.1 Å². The molecule has 2 amide bonds. The Morgan fingerprint density at radius 3 is 2.62 bits per heavy atom. The highest BCUT2D eigenvalue weighted by molar-refractivity contribution is 7.09. The molecule has 2 aromatic rings. The molecule has 1 aromatic heterocycles. The number of rotatable bonds is 5. The van der Waals surface area contributed by atoms with Crippen molar-refractivity contribution in [2.24, 2.45) is 0 Å². The number of hydrogen-bond acceptors (Lipinski definition) is 4. The quantitative estimate of drug-likeness (QED) is 0.787. The first-order chi connectivity index (χ1) is 10.0. The maximum absolute atomic E-state index is 11.9. The van der Waals surface area contributed by atoms with Crippen molar-refractivity contribution >= 4 is 23.3 Å². The van der Waals surface area contributed by atoms with Crippen molar-refractivity contribution < 1.29 is 14.7 Å². The van der Waals surface area contributed by atoms with Gasteiger partial charge >= 0.3 is 12.0 Å². The molecule has 110 valence electrons. The van der Waals surface area contributed by atoms with Crippen LogP contribution in [0.25, 0.3) is 0 Å². The van der Waals surface area contributed by atoms with E-state index in [0.717, 1.165) is 4.88 Å². The number of thiazole rings is 1. The Kier molecular flexibility index (Phi) is 4.54. The SMILES string of the molecule is CC(NC(=O)NCc1cncs1)(C(=O)O)c1ccccc1. The lowest BCUT2D eigenvalue weighted by Gasteiger charge is -2.26. The predicted molar refractivity (Wildman–Crippen MR) is 78.9 cm³/mol. The van der Waals surface area contributed by atoms with Crippen LogP contribution in [-0.4, -0.2) is 22.1 Å². The molecule has 0 spiro atoms. The molecule has 1 unspecified atom stereocenters. The van der Waals surface area contributed by atoms with Crippen LogP contribution in [-0.2, 0) is 16.9 Å². The van der Waals surface area contributed by atoms with Crippen molar-refractivity contribution in [3.63, 3.8) is 0 Å². The standard InChI is InChI=1S/C14H15N3O3S/c1-14(12(18)19,10-5-3-2-4-6-10)17-13(20)16-8-11-7-15-9-21-11/h2-7,9H,8H2,1H3,(H,18,19)(H2,16,17,20). The molecular formula is C14H15N3O3S. The topological polar surface area (TPSA) is 91.3 Å². The monoisotopic (exact) mass is 305 g/mol. The Morgan fingerprint density at radius 1 is 1.33 bits per heavy atom. The summed E-state index contributed by atoms with van der Waals surface area (Å²) >= 11 is 1.42. The van der Waals surface area contributed by atoms with Crippen LogP contribution in [0.15, 0.2) is 42.0 Å². The fourth-order valence-electron chi connectivity index (χ4n) is 1.79. The van der Waals surface area contributed by atoms with Gasteiger partial charge in [0.2, 0.25) is 0 Å². The van der Waals surface area contributed by atoms with E-state index in [9.17, 15) is 14.7 Å². The van der Waals surface area contributed by atoms with Crippen LogP contribution < -0.4 is 10.6 Å². The van der Waals surface area contributed by atoms with Crippen molar-refractivity contribution in [2.45, 2.75) is 19.0 Å². The highest BCUT2D eigenvalue weighted by Crippen LogP contribution is 2.20. The lowest BCUT2D eigenvalue weighted by Crippen LogP contribution is -2.52. The van der Waals surface area contributed by atoms with Gasteiger partial charge in [0.15, 0.2) is 5.54 Å². The molecule has 0 saturated carbocycles. The molecule has 3 N–H and O–H groups in total. The van der Waals surface area contributed by atoms with E-state index >= 15 is 0 Å². The average molecular weight is 305 g/mol. The number of urea groups is 1. The fourth-order valence-corrected chi connectivity index (χ4v) is 2.32. The zero-order chi connectivity index (χ0) is 15.3. The van der Waals surface area contributed by atoms with E-state index < -0.39 is 17.5 Å². The maximum Gasteiger partial charge on any atom is 0.333 e. The molecule has 0 radical (unpaired) electrons. The number of aromatic nitrogens is 1. The molecule has 7 heteroatoms. The normalized spacial score (nSPS) is 13.2. The maximum atomic E-state index is 11.9. The molecule has 1 aromatic carbocycles. The smallest absolute Gasteiger partial charge is 0.333 e. The van der Waals surface area contributed by atoms with Gasteiger partial charge in [0.05, 0.1) is 12.1 Å². The van der Waals surface area contributed by atoms with E-state index in [1.165, 1.54) is 18.3 Å². The lowest BCUT2D eigenvalue weighted by molar-refractivity contribution is -0.144. The molecule has 2 rings (SSSR count). The second kappa shape index (κ2) is 6.36. The molecule has 0 aliphatic heterocycles. The molecule has 1 atom stereocenters. The van der Waals surface area contributed by atoms with Crippen molar-refractivity contribution in [2.75, 3.05) is 0 Å². The van der Waals surface area contributed by atoms with E-state index in [2.05, 4.69) is 15.6 Å². The molecular weight excluding hydrogens is 290 g/mol. The van der Waals surface area contributed by atoms with Crippen molar-refractivity contribution in [1.82, 2.24) is 15.6 Å². The third-order valence-corrected chi connectivity index (χ3v) is 3.83. The van der Waals surface area contributed by atoms with Gasteiger partial charge in [0.25, 0.3) is 0 Å². The number of benzene rings is 1. The molecule has 0 bridgehead atoms. The summed E-state index contributed by atoms with van der Waals surface area (Å²) in [6.07, 6.45) is 1.65. The fraction of sp³-hybridized carbons (Fsp3) is 0.214. The summed E-state index contributed by atoms with van der Waals surface area (Å²) in [5.41, 5.74) is 0.685. The number of nitrogens with zero attached hydrogens (tertiary/aromatic N) is 1. The van der Waals surface area contributed by atoms with Gasteiger partial charge in [-0.1, -0.05) is 30.3 Å². The van der Waals surface area contributed by atoms with Gasteiger partial charge in [-0.3, -0.25) is 4.98 Å². The Labute approximate surface area is 125 Å². The van der Waals surface area contributed by atoms with Crippen LogP contribution in [0.5, 0.6) is 0 Å². The lowest BCUT2D eigenvalue weighted by atomic mass is 9.92. The molecule has 21 heavy (non-hydrogen) atoms. The third kappa shape index (κ3) is 3.57. The summed E-state index contributed by atoms with van der Waals surface area (Å²) < 4.78 is 0. The van der Waals surface area contributed by atoms with Gasteiger partial charge in [-0.15, -0.1) is 11.3 Å². The minimum absolute atomic E-state index is 0.307. The number of carbonyl (C=O) groups is 2. The van der Waals surface area contributed by atoms with E-state index in [1.54, 1.807) is 42.0 Å². The zero-order valence-corrected chi connectivity index (χ0v) is 12.2. The number of carbonyl (C=O) groups excluding carboxylic acids is 1. The largest absolute Gasteiger partial charge is 0.479 e. The summed E-state index contributed by atoms with van der Waals surface area (Å²) in [4.78, 5) is 28.3. The molecule has 0 fully saturated rings. The van der Waals surface area contributed by atoms with Crippen LogP contribution in [0, 0.1) is 0 Å². The van der Waals surface area contributed by atoms with E-state index in [1.807, 2.05) is 0 Å². The molecule has 6 nitrogen and oxygen atoms in total. The average Bonchev–Trinajstić information content (AvgIpc) is 2.99. The Bertz CT molecular complexity index is 616. The van der Waals surface area contributed by atoms with Crippen molar-refractivity contribution in [1.29, 1.82) is 0 Å².